The third-order valence-electron chi connectivity index (χ3n) is 2.90. The second-order valence-electron chi connectivity index (χ2n) is 4.90. The van der Waals surface area contributed by atoms with E-state index < -0.39 is 5.82 Å². The molecule has 0 saturated carbocycles. The van der Waals surface area contributed by atoms with Gasteiger partial charge in [-0.3, -0.25) is 0 Å². The predicted octanol–water partition coefficient (Wildman–Crippen LogP) is 5.01. The fraction of sp³-hybridized carbons (Fsp3) is 0.267. The monoisotopic (exact) mass is 372 g/mol. The van der Waals surface area contributed by atoms with E-state index in [0.717, 1.165) is 11.3 Å². The van der Waals surface area contributed by atoms with E-state index in [1.807, 2.05) is 19.9 Å². The number of rotatable bonds is 4. The van der Waals surface area contributed by atoms with E-state index in [0.29, 0.717) is 22.6 Å². The summed E-state index contributed by atoms with van der Waals surface area (Å²) in [5.74, 6) is 0.385. The molecule has 0 fully saturated rings. The third kappa shape index (κ3) is 3.93. The highest BCUT2D eigenvalue weighted by molar-refractivity contribution is 9.10. The number of hydrogen-bond donors (Lipinski definition) is 1. The fourth-order valence-electron chi connectivity index (χ4n) is 1.74. The molecular weight excluding hydrogens is 359 g/mol. The summed E-state index contributed by atoms with van der Waals surface area (Å²) < 4.78 is 19.8. The Morgan fingerprint density at radius 1 is 1.33 bits per heavy atom. The number of pyridine rings is 1. The Morgan fingerprint density at radius 2 is 2.05 bits per heavy atom. The average molecular weight is 374 g/mol. The molecule has 0 bridgehead atoms. The van der Waals surface area contributed by atoms with Gasteiger partial charge in [0, 0.05) is 24.4 Å². The van der Waals surface area contributed by atoms with Crippen LogP contribution in [0.25, 0.3) is 0 Å². The van der Waals surface area contributed by atoms with Gasteiger partial charge in [-0.1, -0.05) is 25.4 Å². The van der Waals surface area contributed by atoms with Crippen molar-refractivity contribution in [1.29, 1.82) is 0 Å². The van der Waals surface area contributed by atoms with Crippen LogP contribution in [0, 0.1) is 5.82 Å². The lowest BCUT2D eigenvalue weighted by atomic mass is 10.1. The van der Waals surface area contributed by atoms with E-state index >= 15 is 0 Å². The molecule has 0 atom stereocenters. The van der Waals surface area contributed by atoms with Crippen molar-refractivity contribution in [2.45, 2.75) is 26.3 Å². The molecule has 0 amide bonds. The van der Waals surface area contributed by atoms with Crippen molar-refractivity contribution >= 4 is 27.5 Å². The lowest BCUT2D eigenvalue weighted by molar-refractivity contribution is 0.451. The third-order valence-corrected chi connectivity index (χ3v) is 3.81. The molecule has 3 nitrogen and oxygen atoms in total. The van der Waals surface area contributed by atoms with Crippen LogP contribution in [-0.2, 0) is 6.54 Å². The molecule has 0 aliphatic rings. The molecule has 0 aliphatic carbocycles. The first-order valence-corrected chi connectivity index (χ1v) is 7.61. The van der Waals surface area contributed by atoms with E-state index in [-0.39, 0.29) is 10.9 Å². The van der Waals surface area contributed by atoms with Gasteiger partial charge in [0.05, 0.1) is 9.50 Å². The Hall–Kier alpha value is -1.17. The van der Waals surface area contributed by atoms with Crippen LogP contribution in [0.2, 0.25) is 5.02 Å². The van der Waals surface area contributed by atoms with Gasteiger partial charge in [-0.2, -0.15) is 0 Å². The zero-order chi connectivity index (χ0) is 15.6. The van der Waals surface area contributed by atoms with E-state index in [9.17, 15) is 4.39 Å². The molecule has 0 unspecified atom stereocenters. The van der Waals surface area contributed by atoms with Crippen LogP contribution >= 0.6 is 27.5 Å². The van der Waals surface area contributed by atoms with E-state index in [4.69, 9.17) is 22.1 Å². The van der Waals surface area contributed by atoms with Crippen LogP contribution in [0.3, 0.4) is 0 Å². The van der Waals surface area contributed by atoms with Gasteiger partial charge in [-0.25, -0.2) is 9.37 Å². The summed E-state index contributed by atoms with van der Waals surface area (Å²) in [6.45, 7) is 4.45. The molecule has 0 radical (unpaired) electrons. The molecule has 6 heteroatoms. The zero-order valence-electron chi connectivity index (χ0n) is 11.7. The van der Waals surface area contributed by atoms with Crippen LogP contribution in [0.15, 0.2) is 28.7 Å². The maximum atomic E-state index is 13.5. The quantitative estimate of drug-likeness (QED) is 0.766. The average Bonchev–Trinajstić information content (AvgIpc) is 2.44. The summed E-state index contributed by atoms with van der Waals surface area (Å²) in [6, 6.07) is 6.35. The van der Waals surface area contributed by atoms with E-state index in [1.165, 1.54) is 12.1 Å². The van der Waals surface area contributed by atoms with Crippen LogP contribution in [-0.4, -0.2) is 4.98 Å². The summed E-state index contributed by atoms with van der Waals surface area (Å²) in [7, 11) is 0. The lowest BCUT2D eigenvalue weighted by Gasteiger charge is -2.12. The molecule has 2 aromatic rings. The van der Waals surface area contributed by atoms with Gasteiger partial charge in [0.25, 0.3) is 0 Å². The SMILES string of the molecule is CC(C)c1cc(CN)cc(Oc2cc(F)c(Cl)cc2Br)n1. The lowest BCUT2D eigenvalue weighted by Crippen LogP contribution is -2.02. The maximum Gasteiger partial charge on any atom is 0.219 e. The largest absolute Gasteiger partial charge is 0.438 e. The van der Waals surface area contributed by atoms with Gasteiger partial charge in [0.1, 0.15) is 11.6 Å². The Bertz CT molecular complexity index is 664. The maximum absolute atomic E-state index is 13.5. The Kier molecular flexibility index (Phi) is 5.19. The number of hydrogen-bond acceptors (Lipinski definition) is 3. The topological polar surface area (TPSA) is 48.1 Å². The molecule has 0 aliphatic heterocycles. The van der Waals surface area contributed by atoms with E-state index in [1.54, 1.807) is 6.07 Å². The first-order chi connectivity index (χ1) is 9.90. The first kappa shape index (κ1) is 16.2. The van der Waals surface area contributed by atoms with Crippen molar-refractivity contribution in [3.05, 3.63) is 50.8 Å². The Balaban J connectivity index is 2.39. The van der Waals surface area contributed by atoms with Crippen molar-refractivity contribution in [2.75, 3.05) is 0 Å². The van der Waals surface area contributed by atoms with Gasteiger partial charge in [-0.05, 0) is 39.5 Å². The molecule has 0 spiro atoms. The minimum atomic E-state index is -0.547. The number of halogens is 3. The van der Waals surface area contributed by atoms with Crippen molar-refractivity contribution in [1.82, 2.24) is 4.98 Å². The predicted molar refractivity (Wildman–Crippen MR) is 85.4 cm³/mol. The standard InChI is InChI=1S/C15H15BrClFN2O/c1-8(2)13-3-9(7-19)4-15(20-13)21-14-6-12(18)11(17)5-10(14)16/h3-6,8H,7,19H2,1-2H3. The van der Waals surface area contributed by atoms with Crippen LogP contribution in [0.5, 0.6) is 11.6 Å². The van der Waals surface area contributed by atoms with Gasteiger partial charge in [-0.15, -0.1) is 0 Å². The number of nitrogens with two attached hydrogens (primary N) is 1. The summed E-state index contributed by atoms with van der Waals surface area (Å²) >= 11 is 9.00. The number of nitrogens with zero attached hydrogens (tertiary/aromatic N) is 1. The van der Waals surface area contributed by atoms with Crippen molar-refractivity contribution in [2.24, 2.45) is 5.73 Å². The second-order valence-corrected chi connectivity index (χ2v) is 6.16. The summed E-state index contributed by atoms with van der Waals surface area (Å²) in [6.07, 6.45) is 0. The van der Waals surface area contributed by atoms with Crippen molar-refractivity contribution in [3.8, 4) is 11.6 Å². The van der Waals surface area contributed by atoms with Gasteiger partial charge in [0.2, 0.25) is 5.88 Å². The summed E-state index contributed by atoms with van der Waals surface area (Å²) in [5.41, 5.74) is 7.47. The van der Waals surface area contributed by atoms with Gasteiger partial charge < -0.3 is 10.5 Å². The molecule has 1 aromatic carbocycles. The molecule has 1 heterocycles. The van der Waals surface area contributed by atoms with Crippen LogP contribution in [0.1, 0.15) is 31.0 Å². The minimum absolute atomic E-state index is 0.0285. The number of benzene rings is 1. The molecule has 112 valence electrons. The highest BCUT2D eigenvalue weighted by Gasteiger charge is 2.12. The smallest absolute Gasteiger partial charge is 0.219 e. The normalized spacial score (nSPS) is 11.0. The first-order valence-electron chi connectivity index (χ1n) is 6.44. The molecule has 2 rings (SSSR count). The van der Waals surface area contributed by atoms with E-state index in [2.05, 4.69) is 20.9 Å². The van der Waals surface area contributed by atoms with Gasteiger partial charge in [0.15, 0.2) is 0 Å². The second kappa shape index (κ2) is 6.73. The summed E-state index contributed by atoms with van der Waals surface area (Å²) in [4.78, 5) is 4.42. The molecule has 21 heavy (non-hydrogen) atoms. The minimum Gasteiger partial charge on any atom is -0.438 e. The Morgan fingerprint density at radius 3 is 2.67 bits per heavy atom. The molecule has 0 saturated heterocycles. The van der Waals surface area contributed by atoms with Crippen molar-refractivity contribution < 1.29 is 9.13 Å². The highest BCUT2D eigenvalue weighted by atomic mass is 79.9. The van der Waals surface area contributed by atoms with Crippen LogP contribution in [0.4, 0.5) is 4.39 Å². The molecular formula is C15H15BrClFN2O. The van der Waals surface area contributed by atoms with Crippen molar-refractivity contribution in [3.63, 3.8) is 0 Å². The highest BCUT2D eigenvalue weighted by Crippen LogP contribution is 2.33. The molecule has 1 aromatic heterocycles. The zero-order valence-corrected chi connectivity index (χ0v) is 14.0. The number of ether oxygens (including phenoxy) is 1. The summed E-state index contributed by atoms with van der Waals surface area (Å²) in [5, 5.41) is 0.0285. The molecule has 2 N–H and O–H groups in total. The number of aromatic nitrogens is 1. The van der Waals surface area contributed by atoms with Gasteiger partial charge >= 0.3 is 0 Å². The fourth-order valence-corrected chi connectivity index (χ4v) is 2.46. The Labute approximate surface area is 136 Å². The van der Waals surface area contributed by atoms with Crippen LogP contribution < -0.4 is 10.5 Å².